The Bertz CT molecular complexity index is 603. The smallest absolute Gasteiger partial charge is 0.338 e. The van der Waals surface area contributed by atoms with Crippen LogP contribution in [0.25, 0.3) is 0 Å². The van der Waals surface area contributed by atoms with Crippen LogP contribution in [0.5, 0.6) is 0 Å². The minimum atomic E-state index is -0.241. The van der Waals surface area contributed by atoms with E-state index in [2.05, 4.69) is 18.2 Å². The zero-order chi connectivity index (χ0) is 17.6. The van der Waals surface area contributed by atoms with Gasteiger partial charge < -0.3 is 9.47 Å². The number of nitrogens with zero attached hydrogens (tertiary/aromatic N) is 1. The van der Waals surface area contributed by atoms with Crippen LogP contribution >= 0.6 is 0 Å². The Kier molecular flexibility index (Phi) is 6.09. The van der Waals surface area contributed by atoms with Gasteiger partial charge in [0, 0.05) is 13.0 Å². The van der Waals surface area contributed by atoms with Crippen molar-refractivity contribution in [3.63, 3.8) is 0 Å². The fraction of sp³-hybridized carbons (Fsp3) is 0.619. The highest BCUT2D eigenvalue weighted by atomic mass is 16.5. The van der Waals surface area contributed by atoms with Gasteiger partial charge in [0.1, 0.15) is 6.10 Å². The van der Waals surface area contributed by atoms with E-state index in [1.165, 1.54) is 5.56 Å². The number of carbonyl (C=O) groups excluding carboxylic acids is 1. The molecular formula is C21H27NO3. The number of ether oxygens (including phenoxy) is 2. The molecule has 1 aromatic carbocycles. The van der Waals surface area contributed by atoms with Crippen molar-refractivity contribution >= 4 is 5.97 Å². The van der Waals surface area contributed by atoms with Crippen LogP contribution in [0.1, 0.15) is 73.2 Å². The summed E-state index contributed by atoms with van der Waals surface area (Å²) in [7, 11) is 1.79. The molecule has 0 aliphatic heterocycles. The monoisotopic (exact) mass is 341 g/mol. The van der Waals surface area contributed by atoms with Gasteiger partial charge >= 0.3 is 5.97 Å². The summed E-state index contributed by atoms with van der Waals surface area (Å²) in [5.74, 6) is 0.454. The zero-order valence-corrected chi connectivity index (χ0v) is 14.9. The van der Waals surface area contributed by atoms with Crippen molar-refractivity contribution in [3.8, 4) is 6.07 Å². The van der Waals surface area contributed by atoms with E-state index in [4.69, 9.17) is 14.7 Å². The first kappa shape index (κ1) is 17.9. The standard InChI is InChI=1S/C21H27NO3/c1-24-19-12-8-17(9-13-19)16-4-6-18(7-5-16)21(23)25-20-10-2-15(14-22)3-11-20/h4-7,15,17,19-20H,2-3,8-13H2,1H3. The number of hydrogen-bond acceptors (Lipinski definition) is 4. The molecule has 2 aliphatic carbocycles. The minimum Gasteiger partial charge on any atom is -0.459 e. The molecule has 0 radical (unpaired) electrons. The number of hydrogen-bond donors (Lipinski definition) is 0. The van der Waals surface area contributed by atoms with E-state index in [0.717, 1.165) is 51.4 Å². The number of benzene rings is 1. The maximum absolute atomic E-state index is 12.3. The van der Waals surface area contributed by atoms with Gasteiger partial charge in [-0.05, 0) is 75.0 Å². The predicted octanol–water partition coefficient (Wildman–Crippen LogP) is 4.60. The summed E-state index contributed by atoms with van der Waals surface area (Å²) in [6.45, 7) is 0. The lowest BCUT2D eigenvalue weighted by atomic mass is 9.82. The minimum absolute atomic E-state index is 0.0406. The van der Waals surface area contributed by atoms with Crippen LogP contribution in [0.2, 0.25) is 0 Å². The Morgan fingerprint density at radius 3 is 2.12 bits per heavy atom. The molecule has 0 heterocycles. The van der Waals surface area contributed by atoms with Gasteiger partial charge in [0.05, 0.1) is 17.7 Å². The predicted molar refractivity (Wildman–Crippen MR) is 95.2 cm³/mol. The van der Waals surface area contributed by atoms with E-state index in [1.807, 2.05) is 12.1 Å². The number of rotatable bonds is 4. The molecule has 1 aromatic rings. The topological polar surface area (TPSA) is 59.3 Å². The van der Waals surface area contributed by atoms with Gasteiger partial charge in [-0.2, -0.15) is 5.26 Å². The van der Waals surface area contributed by atoms with Crippen LogP contribution in [0.3, 0.4) is 0 Å². The molecule has 3 rings (SSSR count). The summed E-state index contributed by atoms with van der Waals surface area (Å²) in [6.07, 6.45) is 8.12. The number of methoxy groups -OCH3 is 1. The fourth-order valence-corrected chi connectivity index (χ4v) is 4.05. The van der Waals surface area contributed by atoms with Crippen LogP contribution in [-0.4, -0.2) is 25.3 Å². The average molecular weight is 341 g/mol. The largest absolute Gasteiger partial charge is 0.459 e. The van der Waals surface area contributed by atoms with Gasteiger partial charge in [-0.15, -0.1) is 0 Å². The van der Waals surface area contributed by atoms with Crippen LogP contribution < -0.4 is 0 Å². The first-order chi connectivity index (χ1) is 12.2. The van der Waals surface area contributed by atoms with Gasteiger partial charge in [0.15, 0.2) is 0 Å². The maximum atomic E-state index is 12.3. The molecule has 0 N–H and O–H groups in total. The Morgan fingerprint density at radius 2 is 1.56 bits per heavy atom. The second-order valence-corrected chi connectivity index (χ2v) is 7.34. The van der Waals surface area contributed by atoms with Crippen LogP contribution in [0.4, 0.5) is 0 Å². The summed E-state index contributed by atoms with van der Waals surface area (Å²) < 4.78 is 11.1. The molecule has 2 aliphatic rings. The lowest BCUT2D eigenvalue weighted by Gasteiger charge is -2.28. The van der Waals surface area contributed by atoms with Crippen molar-refractivity contribution in [3.05, 3.63) is 35.4 Å². The van der Waals surface area contributed by atoms with Crippen LogP contribution in [0.15, 0.2) is 24.3 Å². The molecule has 25 heavy (non-hydrogen) atoms. The van der Waals surface area contributed by atoms with E-state index >= 15 is 0 Å². The molecule has 0 unspecified atom stereocenters. The van der Waals surface area contributed by atoms with Gasteiger partial charge in [0.2, 0.25) is 0 Å². The molecule has 0 atom stereocenters. The maximum Gasteiger partial charge on any atom is 0.338 e. The number of esters is 1. The summed E-state index contributed by atoms with van der Waals surface area (Å²) in [5.41, 5.74) is 1.93. The first-order valence-corrected chi connectivity index (χ1v) is 9.43. The third kappa shape index (κ3) is 4.61. The third-order valence-corrected chi connectivity index (χ3v) is 5.76. The van der Waals surface area contributed by atoms with E-state index in [1.54, 1.807) is 7.11 Å². The highest BCUT2D eigenvalue weighted by molar-refractivity contribution is 5.89. The van der Waals surface area contributed by atoms with Crippen molar-refractivity contribution in [2.45, 2.75) is 69.5 Å². The number of nitriles is 1. The quantitative estimate of drug-likeness (QED) is 0.751. The Morgan fingerprint density at radius 1 is 0.960 bits per heavy atom. The highest BCUT2D eigenvalue weighted by Crippen LogP contribution is 2.34. The van der Waals surface area contributed by atoms with Crippen LogP contribution in [-0.2, 0) is 9.47 Å². The normalized spacial score (nSPS) is 29.6. The Balaban J connectivity index is 1.52. The second-order valence-electron chi connectivity index (χ2n) is 7.34. The molecule has 2 fully saturated rings. The van der Waals surface area contributed by atoms with E-state index in [-0.39, 0.29) is 18.0 Å². The first-order valence-electron chi connectivity index (χ1n) is 9.43. The molecule has 2 saturated carbocycles. The van der Waals surface area contributed by atoms with Crippen molar-refractivity contribution in [2.75, 3.05) is 7.11 Å². The summed E-state index contributed by atoms with van der Waals surface area (Å²) in [4.78, 5) is 12.3. The van der Waals surface area contributed by atoms with Gasteiger partial charge in [-0.3, -0.25) is 0 Å². The zero-order valence-electron chi connectivity index (χ0n) is 14.9. The highest BCUT2D eigenvalue weighted by Gasteiger charge is 2.25. The molecule has 4 nitrogen and oxygen atoms in total. The Hall–Kier alpha value is -1.86. The molecule has 0 saturated heterocycles. The lowest BCUT2D eigenvalue weighted by Crippen LogP contribution is -2.24. The molecule has 0 spiro atoms. The summed E-state index contributed by atoms with van der Waals surface area (Å²) >= 11 is 0. The molecule has 0 amide bonds. The number of carbonyl (C=O) groups is 1. The van der Waals surface area contributed by atoms with Gasteiger partial charge in [-0.1, -0.05) is 12.1 Å². The van der Waals surface area contributed by atoms with E-state index < -0.39 is 0 Å². The molecule has 134 valence electrons. The summed E-state index contributed by atoms with van der Waals surface area (Å²) in [5, 5.41) is 8.93. The van der Waals surface area contributed by atoms with Gasteiger partial charge in [-0.25, -0.2) is 4.79 Å². The molecular weight excluding hydrogens is 314 g/mol. The SMILES string of the molecule is COC1CCC(c2ccc(C(=O)OC3CCC(C#N)CC3)cc2)CC1. The second kappa shape index (κ2) is 8.49. The van der Waals surface area contributed by atoms with Crippen molar-refractivity contribution in [2.24, 2.45) is 5.92 Å². The average Bonchev–Trinajstić information content (AvgIpc) is 2.69. The van der Waals surface area contributed by atoms with Crippen molar-refractivity contribution in [1.82, 2.24) is 0 Å². The molecule has 0 bridgehead atoms. The Labute approximate surface area is 150 Å². The lowest BCUT2D eigenvalue weighted by molar-refractivity contribution is 0.0187. The third-order valence-electron chi connectivity index (χ3n) is 5.76. The summed E-state index contributed by atoms with van der Waals surface area (Å²) in [6, 6.07) is 10.2. The van der Waals surface area contributed by atoms with Crippen molar-refractivity contribution < 1.29 is 14.3 Å². The molecule has 4 heteroatoms. The van der Waals surface area contributed by atoms with Crippen molar-refractivity contribution in [1.29, 1.82) is 5.26 Å². The van der Waals surface area contributed by atoms with Crippen LogP contribution in [0, 0.1) is 17.2 Å². The molecule has 0 aromatic heterocycles. The van der Waals surface area contributed by atoms with E-state index in [9.17, 15) is 4.79 Å². The fourth-order valence-electron chi connectivity index (χ4n) is 4.05. The van der Waals surface area contributed by atoms with Gasteiger partial charge in [0.25, 0.3) is 0 Å². The van der Waals surface area contributed by atoms with E-state index in [0.29, 0.717) is 17.6 Å².